The van der Waals surface area contributed by atoms with Crippen LogP contribution < -0.4 is 11.1 Å². The van der Waals surface area contributed by atoms with Crippen molar-refractivity contribution in [1.82, 2.24) is 10.2 Å². The van der Waals surface area contributed by atoms with Crippen molar-refractivity contribution in [2.45, 2.75) is 38.6 Å². The second-order valence-electron chi connectivity index (χ2n) is 7.23. The van der Waals surface area contributed by atoms with Crippen molar-refractivity contribution in [3.05, 3.63) is 35.4 Å². The third-order valence-corrected chi connectivity index (χ3v) is 5.26. The number of likely N-dealkylation sites (tertiary alicyclic amines) is 1. The van der Waals surface area contributed by atoms with Gasteiger partial charge in [0.2, 0.25) is 11.8 Å². The van der Waals surface area contributed by atoms with E-state index >= 15 is 0 Å². The van der Waals surface area contributed by atoms with Gasteiger partial charge in [0.1, 0.15) is 0 Å². The highest BCUT2D eigenvalue weighted by Crippen LogP contribution is 2.24. The van der Waals surface area contributed by atoms with Gasteiger partial charge < -0.3 is 10.6 Å². The third kappa shape index (κ3) is 4.43. The lowest BCUT2D eigenvalue weighted by atomic mass is 9.91. The van der Waals surface area contributed by atoms with Crippen molar-refractivity contribution in [3.8, 4) is 0 Å². The molecule has 7 heteroatoms. The normalized spacial score (nSPS) is 25.6. The van der Waals surface area contributed by atoms with Crippen LogP contribution in [0.3, 0.4) is 0 Å². The molecule has 2 heterocycles. The summed E-state index contributed by atoms with van der Waals surface area (Å²) in [6.07, 6.45) is 2.71. The highest BCUT2D eigenvalue weighted by atomic mass is 35.5. The number of benzene rings is 1. The lowest BCUT2D eigenvalue weighted by Gasteiger charge is -2.38. The van der Waals surface area contributed by atoms with Gasteiger partial charge >= 0.3 is 0 Å². The lowest BCUT2D eigenvalue weighted by molar-refractivity contribution is -0.125. The van der Waals surface area contributed by atoms with Crippen LogP contribution in [-0.2, 0) is 16.0 Å². The molecular weight excluding hydrogens is 354 g/mol. The molecule has 1 aromatic carbocycles. The Labute approximate surface area is 159 Å². The molecule has 6 nitrogen and oxygen atoms in total. The van der Waals surface area contributed by atoms with Crippen LogP contribution in [0.2, 0.25) is 0 Å². The zero-order valence-electron chi connectivity index (χ0n) is 14.9. The zero-order chi connectivity index (χ0) is 18.0. The number of hydrogen-bond donors (Lipinski definition) is 2. The van der Waals surface area contributed by atoms with Gasteiger partial charge in [-0.3, -0.25) is 19.7 Å². The number of nitrogens with one attached hydrogen (secondary N) is 1. The van der Waals surface area contributed by atoms with Gasteiger partial charge in [-0.2, -0.15) is 0 Å². The van der Waals surface area contributed by atoms with Gasteiger partial charge in [0.15, 0.2) is 0 Å². The molecule has 0 aromatic heterocycles. The first-order valence-electron chi connectivity index (χ1n) is 8.91. The second kappa shape index (κ2) is 8.64. The molecule has 2 aliphatic rings. The molecule has 3 rings (SSSR count). The summed E-state index contributed by atoms with van der Waals surface area (Å²) < 4.78 is 0. The summed E-state index contributed by atoms with van der Waals surface area (Å²) in [6, 6.07) is 7.44. The Balaban J connectivity index is 0.00000243. The number of halogens is 1. The minimum atomic E-state index is -0.306. The summed E-state index contributed by atoms with van der Waals surface area (Å²) in [4.78, 5) is 37.6. The zero-order valence-corrected chi connectivity index (χ0v) is 15.8. The minimum Gasteiger partial charge on any atom is -0.334 e. The molecule has 3 amide bonds. The van der Waals surface area contributed by atoms with Gasteiger partial charge in [0.05, 0.1) is 5.92 Å². The number of hydrogen-bond acceptors (Lipinski definition) is 4. The van der Waals surface area contributed by atoms with Crippen molar-refractivity contribution in [1.29, 1.82) is 0 Å². The van der Waals surface area contributed by atoms with Crippen LogP contribution in [0.4, 0.5) is 0 Å². The van der Waals surface area contributed by atoms with Crippen molar-refractivity contribution >= 4 is 30.1 Å². The van der Waals surface area contributed by atoms with Crippen molar-refractivity contribution in [2.75, 3.05) is 13.1 Å². The molecule has 142 valence electrons. The molecule has 3 unspecified atom stereocenters. The topological polar surface area (TPSA) is 92.5 Å². The van der Waals surface area contributed by atoms with Crippen LogP contribution in [0, 0.1) is 11.8 Å². The summed E-state index contributed by atoms with van der Waals surface area (Å²) in [5.41, 5.74) is 7.45. The average molecular weight is 380 g/mol. The van der Waals surface area contributed by atoms with Gasteiger partial charge in [-0.25, -0.2) is 0 Å². The Morgan fingerprint density at radius 2 is 1.96 bits per heavy atom. The van der Waals surface area contributed by atoms with Gasteiger partial charge in [-0.1, -0.05) is 19.1 Å². The molecular formula is C19H26ClN3O3. The van der Waals surface area contributed by atoms with E-state index in [1.54, 1.807) is 12.1 Å². The summed E-state index contributed by atoms with van der Waals surface area (Å²) in [7, 11) is 0. The first-order chi connectivity index (χ1) is 12.0. The molecule has 0 saturated carbocycles. The van der Waals surface area contributed by atoms with Crippen molar-refractivity contribution in [2.24, 2.45) is 17.6 Å². The monoisotopic (exact) mass is 379 g/mol. The first kappa shape index (κ1) is 20.4. The van der Waals surface area contributed by atoms with Crippen molar-refractivity contribution in [3.63, 3.8) is 0 Å². The van der Waals surface area contributed by atoms with Crippen LogP contribution >= 0.6 is 12.4 Å². The van der Waals surface area contributed by atoms with E-state index in [0.717, 1.165) is 24.9 Å². The van der Waals surface area contributed by atoms with Gasteiger partial charge in [0, 0.05) is 31.1 Å². The van der Waals surface area contributed by atoms with E-state index in [4.69, 9.17) is 5.73 Å². The van der Waals surface area contributed by atoms with E-state index in [-0.39, 0.29) is 48.5 Å². The SMILES string of the molecule is CC1CCN(C(=O)c2ccc(CC3CC(=O)NC3=O)cc2)C(CN)C1.Cl. The molecule has 1 aromatic rings. The highest BCUT2D eigenvalue weighted by molar-refractivity contribution is 6.03. The standard InChI is InChI=1S/C19H25N3O3.ClH/c1-12-6-7-22(16(8-12)11-20)19(25)14-4-2-13(3-5-14)9-15-10-17(23)21-18(15)24;/h2-5,12,15-16H,6-11,20H2,1H3,(H,21,23,24);1H. The Hall–Kier alpha value is -1.92. The number of amides is 3. The van der Waals surface area contributed by atoms with E-state index in [2.05, 4.69) is 12.2 Å². The molecule has 0 aliphatic carbocycles. The fourth-order valence-corrected chi connectivity index (χ4v) is 3.75. The van der Waals surface area contributed by atoms with E-state index in [0.29, 0.717) is 24.4 Å². The summed E-state index contributed by atoms with van der Waals surface area (Å²) >= 11 is 0. The Morgan fingerprint density at radius 3 is 2.54 bits per heavy atom. The fourth-order valence-electron chi connectivity index (χ4n) is 3.75. The number of carbonyl (C=O) groups excluding carboxylic acids is 3. The summed E-state index contributed by atoms with van der Waals surface area (Å²) in [5, 5.41) is 2.32. The van der Waals surface area contributed by atoms with E-state index < -0.39 is 0 Å². The number of rotatable bonds is 4. The van der Waals surface area contributed by atoms with E-state index in [1.807, 2.05) is 17.0 Å². The highest BCUT2D eigenvalue weighted by Gasteiger charge is 2.31. The van der Waals surface area contributed by atoms with Crippen LogP contribution in [0.25, 0.3) is 0 Å². The Morgan fingerprint density at radius 1 is 1.27 bits per heavy atom. The fraction of sp³-hybridized carbons (Fsp3) is 0.526. The maximum Gasteiger partial charge on any atom is 0.254 e. The maximum absolute atomic E-state index is 12.8. The van der Waals surface area contributed by atoms with Gasteiger partial charge in [-0.05, 0) is 42.9 Å². The molecule has 3 N–H and O–H groups in total. The Kier molecular flexibility index (Phi) is 6.78. The van der Waals surface area contributed by atoms with Crippen molar-refractivity contribution < 1.29 is 14.4 Å². The number of piperidine rings is 1. The molecule has 3 atom stereocenters. The second-order valence-corrected chi connectivity index (χ2v) is 7.23. The molecule has 2 aliphatic heterocycles. The largest absolute Gasteiger partial charge is 0.334 e. The predicted octanol–water partition coefficient (Wildman–Crippen LogP) is 1.51. The molecule has 0 spiro atoms. The minimum absolute atomic E-state index is 0. The summed E-state index contributed by atoms with van der Waals surface area (Å²) in [5.74, 6) is -0.116. The number of nitrogens with zero attached hydrogens (tertiary/aromatic N) is 1. The molecule has 26 heavy (non-hydrogen) atoms. The average Bonchev–Trinajstić information content (AvgIpc) is 2.92. The Bertz CT molecular complexity index is 677. The predicted molar refractivity (Wildman–Crippen MR) is 101 cm³/mol. The smallest absolute Gasteiger partial charge is 0.254 e. The van der Waals surface area contributed by atoms with Crippen LogP contribution in [0.15, 0.2) is 24.3 Å². The first-order valence-corrected chi connectivity index (χ1v) is 8.91. The maximum atomic E-state index is 12.8. The van der Waals surface area contributed by atoms with Crippen LogP contribution in [0.5, 0.6) is 0 Å². The van der Waals surface area contributed by atoms with Gasteiger partial charge in [-0.15, -0.1) is 12.4 Å². The summed E-state index contributed by atoms with van der Waals surface area (Å²) in [6.45, 7) is 3.43. The number of nitrogens with two attached hydrogens (primary N) is 1. The third-order valence-electron chi connectivity index (χ3n) is 5.26. The molecule has 2 fully saturated rings. The molecule has 0 bridgehead atoms. The molecule has 2 saturated heterocycles. The van der Waals surface area contributed by atoms with Gasteiger partial charge in [0.25, 0.3) is 5.91 Å². The van der Waals surface area contributed by atoms with Crippen LogP contribution in [-0.4, -0.2) is 41.8 Å². The van der Waals surface area contributed by atoms with E-state index in [1.165, 1.54) is 0 Å². The quantitative estimate of drug-likeness (QED) is 0.775. The number of carbonyl (C=O) groups is 3. The van der Waals surface area contributed by atoms with Crippen LogP contribution in [0.1, 0.15) is 42.1 Å². The number of imide groups is 1. The van der Waals surface area contributed by atoms with E-state index in [9.17, 15) is 14.4 Å². The molecule has 0 radical (unpaired) electrons. The lowest BCUT2D eigenvalue weighted by Crippen LogP contribution is -2.49.